The van der Waals surface area contributed by atoms with Crippen LogP contribution in [0.3, 0.4) is 0 Å². The lowest BCUT2D eigenvalue weighted by Crippen LogP contribution is -2.29. The molecule has 0 aliphatic carbocycles. The van der Waals surface area contributed by atoms with E-state index in [2.05, 4.69) is 12.2 Å². The third-order valence-electron chi connectivity index (χ3n) is 2.75. The van der Waals surface area contributed by atoms with Crippen molar-refractivity contribution < 1.29 is 9.84 Å². The second kappa shape index (κ2) is 8.09. The van der Waals surface area contributed by atoms with Crippen LogP contribution in [-0.2, 0) is 11.2 Å². The zero-order valence-electron chi connectivity index (χ0n) is 10.8. The smallest absolute Gasteiger partial charge is 0.115 e. The molecule has 0 amide bonds. The van der Waals surface area contributed by atoms with Gasteiger partial charge >= 0.3 is 0 Å². The lowest BCUT2D eigenvalue weighted by atomic mass is 10.1. The molecule has 96 valence electrons. The van der Waals surface area contributed by atoms with Crippen LogP contribution in [0.15, 0.2) is 24.3 Å². The molecule has 1 rings (SSSR count). The van der Waals surface area contributed by atoms with Crippen molar-refractivity contribution in [2.75, 3.05) is 19.8 Å². The number of phenols is 1. The van der Waals surface area contributed by atoms with Crippen LogP contribution in [0.5, 0.6) is 5.75 Å². The fraction of sp³-hybridized carbons (Fsp3) is 0.571. The average molecular weight is 237 g/mol. The predicted molar refractivity (Wildman–Crippen MR) is 70.4 cm³/mol. The normalized spacial score (nSPS) is 12.6. The Hall–Kier alpha value is -1.06. The van der Waals surface area contributed by atoms with E-state index in [4.69, 9.17) is 4.74 Å². The first kappa shape index (κ1) is 14.0. The number of hydrogen-bond donors (Lipinski definition) is 2. The van der Waals surface area contributed by atoms with Crippen LogP contribution in [-0.4, -0.2) is 30.9 Å². The number of rotatable bonds is 8. The van der Waals surface area contributed by atoms with E-state index >= 15 is 0 Å². The summed E-state index contributed by atoms with van der Waals surface area (Å²) >= 11 is 0. The Morgan fingerprint density at radius 3 is 2.65 bits per heavy atom. The van der Waals surface area contributed by atoms with E-state index < -0.39 is 0 Å². The minimum atomic E-state index is 0.330. The van der Waals surface area contributed by atoms with Crippen LogP contribution in [0, 0.1) is 0 Å². The average Bonchev–Trinajstić information content (AvgIpc) is 2.34. The molecule has 0 radical (unpaired) electrons. The maximum atomic E-state index is 9.17. The van der Waals surface area contributed by atoms with E-state index in [0.717, 1.165) is 32.6 Å². The Balaban J connectivity index is 2.14. The van der Waals surface area contributed by atoms with Crippen LogP contribution < -0.4 is 5.32 Å². The summed E-state index contributed by atoms with van der Waals surface area (Å²) in [7, 11) is 0. The number of benzene rings is 1. The molecule has 1 aromatic rings. The van der Waals surface area contributed by atoms with Gasteiger partial charge < -0.3 is 15.2 Å². The maximum absolute atomic E-state index is 9.17. The lowest BCUT2D eigenvalue weighted by Gasteiger charge is -2.13. The molecule has 1 aromatic carbocycles. The van der Waals surface area contributed by atoms with Gasteiger partial charge in [0.15, 0.2) is 0 Å². The largest absolute Gasteiger partial charge is 0.508 e. The van der Waals surface area contributed by atoms with Crippen LogP contribution in [0.2, 0.25) is 0 Å². The number of aromatic hydroxyl groups is 1. The summed E-state index contributed by atoms with van der Waals surface area (Å²) in [5, 5.41) is 12.6. The lowest BCUT2D eigenvalue weighted by molar-refractivity contribution is 0.147. The van der Waals surface area contributed by atoms with E-state index in [1.165, 1.54) is 5.56 Å². The molecule has 0 aliphatic heterocycles. The van der Waals surface area contributed by atoms with Gasteiger partial charge in [-0.25, -0.2) is 0 Å². The van der Waals surface area contributed by atoms with Crippen molar-refractivity contribution in [1.82, 2.24) is 5.32 Å². The summed E-state index contributed by atoms with van der Waals surface area (Å²) in [6.07, 6.45) is 2.12. The number of aryl methyl sites for hydroxylation is 1. The highest BCUT2D eigenvalue weighted by molar-refractivity contribution is 5.25. The van der Waals surface area contributed by atoms with Gasteiger partial charge in [0.2, 0.25) is 0 Å². The molecular formula is C14H23NO2. The SMILES string of the molecule is CCOCCNC(C)CCc1ccc(O)cc1. The van der Waals surface area contributed by atoms with Gasteiger partial charge in [0, 0.05) is 19.2 Å². The first-order valence-electron chi connectivity index (χ1n) is 6.31. The van der Waals surface area contributed by atoms with Crippen molar-refractivity contribution in [1.29, 1.82) is 0 Å². The van der Waals surface area contributed by atoms with Gasteiger partial charge in [-0.15, -0.1) is 0 Å². The summed E-state index contributed by atoms with van der Waals surface area (Å²) in [6.45, 7) is 6.66. The second-order valence-corrected chi connectivity index (χ2v) is 4.26. The van der Waals surface area contributed by atoms with Crippen molar-refractivity contribution in [2.24, 2.45) is 0 Å². The number of nitrogens with one attached hydrogen (secondary N) is 1. The molecule has 0 bridgehead atoms. The molecule has 3 nitrogen and oxygen atoms in total. The molecule has 0 heterocycles. The molecule has 0 aliphatic rings. The van der Waals surface area contributed by atoms with Gasteiger partial charge in [-0.3, -0.25) is 0 Å². The van der Waals surface area contributed by atoms with Crippen LogP contribution in [0.4, 0.5) is 0 Å². The maximum Gasteiger partial charge on any atom is 0.115 e. The van der Waals surface area contributed by atoms with Gasteiger partial charge in [0.25, 0.3) is 0 Å². The third-order valence-corrected chi connectivity index (χ3v) is 2.75. The zero-order valence-corrected chi connectivity index (χ0v) is 10.8. The first-order chi connectivity index (χ1) is 8.22. The van der Waals surface area contributed by atoms with Crippen LogP contribution in [0.1, 0.15) is 25.8 Å². The predicted octanol–water partition coefficient (Wildman–Crippen LogP) is 2.34. The molecule has 0 aromatic heterocycles. The molecule has 17 heavy (non-hydrogen) atoms. The Bertz CT molecular complexity index is 298. The van der Waals surface area contributed by atoms with Crippen molar-refractivity contribution in [3.63, 3.8) is 0 Å². The van der Waals surface area contributed by atoms with Crippen LogP contribution in [0.25, 0.3) is 0 Å². The molecule has 0 fully saturated rings. The van der Waals surface area contributed by atoms with Gasteiger partial charge in [-0.2, -0.15) is 0 Å². The standard InChI is InChI=1S/C14H23NO2/c1-3-17-11-10-15-12(2)4-5-13-6-8-14(16)9-7-13/h6-9,12,15-16H,3-5,10-11H2,1-2H3. The van der Waals surface area contributed by atoms with E-state index in [1.807, 2.05) is 19.1 Å². The topological polar surface area (TPSA) is 41.5 Å². The number of phenolic OH excluding ortho intramolecular Hbond substituents is 1. The highest BCUT2D eigenvalue weighted by Gasteiger charge is 2.01. The highest BCUT2D eigenvalue weighted by atomic mass is 16.5. The Morgan fingerprint density at radius 2 is 2.00 bits per heavy atom. The minimum Gasteiger partial charge on any atom is -0.508 e. The molecule has 1 unspecified atom stereocenters. The van der Waals surface area contributed by atoms with E-state index in [0.29, 0.717) is 11.8 Å². The Kier molecular flexibility index (Phi) is 6.67. The van der Waals surface area contributed by atoms with Crippen molar-refractivity contribution in [2.45, 2.75) is 32.7 Å². The molecule has 3 heteroatoms. The van der Waals surface area contributed by atoms with Crippen molar-refractivity contribution in [3.8, 4) is 5.75 Å². The monoisotopic (exact) mass is 237 g/mol. The molecule has 1 atom stereocenters. The second-order valence-electron chi connectivity index (χ2n) is 4.26. The summed E-state index contributed by atoms with van der Waals surface area (Å²) in [4.78, 5) is 0. The van der Waals surface area contributed by atoms with Gasteiger partial charge in [-0.1, -0.05) is 12.1 Å². The molecule has 2 N–H and O–H groups in total. The minimum absolute atomic E-state index is 0.330. The van der Waals surface area contributed by atoms with Crippen molar-refractivity contribution in [3.05, 3.63) is 29.8 Å². The summed E-state index contributed by atoms with van der Waals surface area (Å²) in [5.74, 6) is 0.330. The van der Waals surface area contributed by atoms with Gasteiger partial charge in [0.1, 0.15) is 5.75 Å². The molecular weight excluding hydrogens is 214 g/mol. The summed E-state index contributed by atoms with van der Waals surface area (Å²) < 4.78 is 5.27. The fourth-order valence-electron chi connectivity index (χ4n) is 1.67. The quantitative estimate of drug-likeness (QED) is 0.682. The molecule has 0 saturated carbocycles. The molecule has 0 saturated heterocycles. The van der Waals surface area contributed by atoms with E-state index in [1.54, 1.807) is 12.1 Å². The summed E-state index contributed by atoms with van der Waals surface area (Å²) in [5.41, 5.74) is 1.27. The number of ether oxygens (including phenoxy) is 1. The van der Waals surface area contributed by atoms with Crippen molar-refractivity contribution >= 4 is 0 Å². The highest BCUT2D eigenvalue weighted by Crippen LogP contribution is 2.11. The Morgan fingerprint density at radius 1 is 1.29 bits per heavy atom. The van der Waals surface area contributed by atoms with E-state index in [9.17, 15) is 5.11 Å². The molecule has 0 spiro atoms. The first-order valence-corrected chi connectivity index (χ1v) is 6.31. The fourth-order valence-corrected chi connectivity index (χ4v) is 1.67. The van der Waals surface area contributed by atoms with E-state index in [-0.39, 0.29) is 0 Å². The van der Waals surface area contributed by atoms with Gasteiger partial charge in [-0.05, 0) is 44.4 Å². The Labute approximate surface area is 104 Å². The van der Waals surface area contributed by atoms with Gasteiger partial charge in [0.05, 0.1) is 6.61 Å². The van der Waals surface area contributed by atoms with Crippen LogP contribution >= 0.6 is 0 Å². The third kappa shape index (κ3) is 6.29. The number of hydrogen-bond acceptors (Lipinski definition) is 3. The summed E-state index contributed by atoms with van der Waals surface area (Å²) in [6, 6.07) is 7.92. The zero-order chi connectivity index (χ0) is 12.5.